The second-order valence-corrected chi connectivity index (χ2v) is 7.00. The van der Waals surface area contributed by atoms with Crippen LogP contribution in [0.2, 0.25) is 0 Å². The SMILES string of the molecule is CCCNC(CSc1ccccc1C)c1c(Br)cnn1C. The number of nitrogens with one attached hydrogen (secondary N) is 1. The molecule has 1 aromatic carbocycles. The first-order chi connectivity index (χ1) is 10.1. The maximum Gasteiger partial charge on any atom is 0.0700 e. The molecule has 0 spiro atoms. The van der Waals surface area contributed by atoms with Crippen LogP contribution in [-0.2, 0) is 7.05 Å². The zero-order chi connectivity index (χ0) is 15.2. The summed E-state index contributed by atoms with van der Waals surface area (Å²) in [5, 5.41) is 7.97. The molecule has 3 nitrogen and oxygen atoms in total. The molecule has 0 aliphatic heterocycles. The number of rotatable bonds is 7. The number of nitrogens with zero attached hydrogens (tertiary/aromatic N) is 2. The lowest BCUT2D eigenvalue weighted by molar-refractivity contribution is 0.533. The van der Waals surface area contributed by atoms with Gasteiger partial charge in [-0.05, 0) is 47.4 Å². The molecule has 0 bridgehead atoms. The normalized spacial score (nSPS) is 12.6. The molecule has 1 unspecified atom stereocenters. The molecule has 0 saturated carbocycles. The number of thioether (sulfide) groups is 1. The summed E-state index contributed by atoms with van der Waals surface area (Å²) in [6.45, 7) is 5.37. The smallest absolute Gasteiger partial charge is 0.0700 e. The highest BCUT2D eigenvalue weighted by Gasteiger charge is 2.18. The van der Waals surface area contributed by atoms with Crippen molar-refractivity contribution in [1.29, 1.82) is 0 Å². The van der Waals surface area contributed by atoms with E-state index in [4.69, 9.17) is 0 Å². The molecule has 1 heterocycles. The fourth-order valence-corrected chi connectivity index (χ4v) is 3.97. The molecule has 0 aliphatic carbocycles. The van der Waals surface area contributed by atoms with E-state index in [-0.39, 0.29) is 6.04 Å². The summed E-state index contributed by atoms with van der Waals surface area (Å²) in [7, 11) is 2.00. The fraction of sp³-hybridized carbons (Fsp3) is 0.438. The Bertz CT molecular complexity index is 563. The van der Waals surface area contributed by atoms with Gasteiger partial charge in [0.05, 0.1) is 22.4 Å². The Balaban J connectivity index is 2.12. The maximum atomic E-state index is 4.34. The van der Waals surface area contributed by atoms with Gasteiger partial charge in [-0.1, -0.05) is 25.1 Å². The minimum absolute atomic E-state index is 0.288. The number of benzene rings is 1. The van der Waals surface area contributed by atoms with E-state index >= 15 is 0 Å². The van der Waals surface area contributed by atoms with Crippen LogP contribution in [0.25, 0.3) is 0 Å². The van der Waals surface area contributed by atoms with Crippen LogP contribution < -0.4 is 5.32 Å². The lowest BCUT2D eigenvalue weighted by atomic mass is 10.2. The van der Waals surface area contributed by atoms with Crippen molar-refractivity contribution in [1.82, 2.24) is 15.1 Å². The van der Waals surface area contributed by atoms with Gasteiger partial charge in [-0.3, -0.25) is 4.68 Å². The first kappa shape index (κ1) is 16.6. The summed E-state index contributed by atoms with van der Waals surface area (Å²) in [5.74, 6) is 0.989. The number of halogens is 1. The van der Waals surface area contributed by atoms with E-state index in [1.54, 1.807) is 0 Å². The van der Waals surface area contributed by atoms with Crippen LogP contribution in [0.15, 0.2) is 39.8 Å². The standard InChI is InChI=1S/C16H22BrN3S/c1-4-9-18-14(16-13(17)10-19-20(16)3)11-21-15-8-6-5-7-12(15)2/h5-8,10,14,18H,4,9,11H2,1-3H3. The fourth-order valence-electron chi connectivity index (χ4n) is 2.26. The summed E-state index contributed by atoms with van der Waals surface area (Å²) < 4.78 is 3.03. The third-order valence-corrected chi connectivity index (χ3v) is 5.29. The highest BCUT2D eigenvalue weighted by Crippen LogP contribution is 2.30. The molecule has 1 N–H and O–H groups in total. The summed E-state index contributed by atoms with van der Waals surface area (Å²) in [6.07, 6.45) is 3.00. The summed E-state index contributed by atoms with van der Waals surface area (Å²) >= 11 is 5.51. The molecule has 1 atom stereocenters. The van der Waals surface area contributed by atoms with Gasteiger partial charge in [0.1, 0.15) is 0 Å². The predicted molar refractivity (Wildman–Crippen MR) is 93.8 cm³/mol. The second kappa shape index (κ2) is 8.01. The molecule has 0 aliphatic rings. The predicted octanol–water partition coefficient (Wildman–Crippen LogP) is 4.32. The van der Waals surface area contributed by atoms with Gasteiger partial charge < -0.3 is 5.32 Å². The zero-order valence-electron chi connectivity index (χ0n) is 12.8. The third kappa shape index (κ3) is 4.34. The van der Waals surface area contributed by atoms with Gasteiger partial charge >= 0.3 is 0 Å². The average Bonchev–Trinajstić information content (AvgIpc) is 2.81. The molecule has 0 saturated heterocycles. The van der Waals surface area contributed by atoms with Crippen LogP contribution in [0, 0.1) is 6.92 Å². The Morgan fingerprint density at radius 1 is 1.38 bits per heavy atom. The van der Waals surface area contributed by atoms with Gasteiger partial charge in [-0.25, -0.2) is 0 Å². The van der Waals surface area contributed by atoms with Crippen molar-refractivity contribution in [2.75, 3.05) is 12.3 Å². The van der Waals surface area contributed by atoms with E-state index in [0.29, 0.717) is 0 Å². The number of hydrogen-bond acceptors (Lipinski definition) is 3. The Hall–Kier alpha value is -0.780. The Labute approximate surface area is 139 Å². The van der Waals surface area contributed by atoms with Crippen molar-refractivity contribution in [3.63, 3.8) is 0 Å². The third-order valence-electron chi connectivity index (χ3n) is 3.41. The molecule has 0 radical (unpaired) electrons. The zero-order valence-corrected chi connectivity index (χ0v) is 15.2. The lowest BCUT2D eigenvalue weighted by Gasteiger charge is -2.19. The molecule has 2 aromatic rings. The summed E-state index contributed by atoms with van der Waals surface area (Å²) in [5.41, 5.74) is 2.55. The summed E-state index contributed by atoms with van der Waals surface area (Å²) in [6, 6.07) is 8.83. The van der Waals surface area contributed by atoms with Gasteiger partial charge in [0.2, 0.25) is 0 Å². The minimum atomic E-state index is 0.288. The van der Waals surface area contributed by atoms with Crippen molar-refractivity contribution in [3.05, 3.63) is 46.2 Å². The van der Waals surface area contributed by atoms with Gasteiger partial charge in [-0.15, -0.1) is 11.8 Å². The molecule has 5 heteroatoms. The van der Waals surface area contributed by atoms with Crippen LogP contribution in [-0.4, -0.2) is 22.1 Å². The van der Waals surface area contributed by atoms with Crippen LogP contribution in [0.3, 0.4) is 0 Å². The molecule has 2 rings (SSSR count). The lowest BCUT2D eigenvalue weighted by Crippen LogP contribution is -2.26. The van der Waals surface area contributed by atoms with E-state index in [0.717, 1.165) is 23.2 Å². The molecule has 114 valence electrons. The van der Waals surface area contributed by atoms with Crippen LogP contribution >= 0.6 is 27.7 Å². The van der Waals surface area contributed by atoms with E-state index in [2.05, 4.69) is 64.5 Å². The molecule has 1 aromatic heterocycles. The van der Waals surface area contributed by atoms with Gasteiger partial charge in [-0.2, -0.15) is 5.10 Å². The van der Waals surface area contributed by atoms with Gasteiger partial charge in [0.15, 0.2) is 0 Å². The van der Waals surface area contributed by atoms with Crippen LogP contribution in [0.5, 0.6) is 0 Å². The van der Waals surface area contributed by atoms with Crippen molar-refractivity contribution in [2.24, 2.45) is 7.05 Å². The first-order valence-electron chi connectivity index (χ1n) is 7.22. The van der Waals surface area contributed by atoms with Crippen LogP contribution in [0.1, 0.15) is 30.6 Å². The Morgan fingerprint density at radius 3 is 2.76 bits per heavy atom. The molecule has 21 heavy (non-hydrogen) atoms. The van der Waals surface area contributed by atoms with Crippen molar-refractivity contribution >= 4 is 27.7 Å². The summed E-state index contributed by atoms with van der Waals surface area (Å²) in [4.78, 5) is 1.35. The van der Waals surface area contributed by atoms with Crippen molar-refractivity contribution in [2.45, 2.75) is 31.2 Å². The van der Waals surface area contributed by atoms with Gasteiger partial charge in [0.25, 0.3) is 0 Å². The average molecular weight is 368 g/mol. The Kier molecular flexibility index (Phi) is 6.33. The topological polar surface area (TPSA) is 29.9 Å². The van der Waals surface area contributed by atoms with Crippen molar-refractivity contribution in [3.8, 4) is 0 Å². The second-order valence-electron chi connectivity index (χ2n) is 5.08. The quantitative estimate of drug-likeness (QED) is 0.738. The maximum absolute atomic E-state index is 4.34. The molecular weight excluding hydrogens is 346 g/mol. The number of hydrogen-bond donors (Lipinski definition) is 1. The monoisotopic (exact) mass is 367 g/mol. The van der Waals surface area contributed by atoms with E-state index in [1.165, 1.54) is 16.2 Å². The minimum Gasteiger partial charge on any atom is -0.308 e. The number of aromatic nitrogens is 2. The highest BCUT2D eigenvalue weighted by molar-refractivity contribution is 9.10. The highest BCUT2D eigenvalue weighted by atomic mass is 79.9. The van der Waals surface area contributed by atoms with E-state index in [1.807, 2.05) is 29.7 Å². The molecular formula is C16H22BrN3S. The van der Waals surface area contributed by atoms with E-state index in [9.17, 15) is 0 Å². The van der Waals surface area contributed by atoms with E-state index < -0.39 is 0 Å². The first-order valence-corrected chi connectivity index (χ1v) is 9.00. The van der Waals surface area contributed by atoms with Crippen LogP contribution in [0.4, 0.5) is 0 Å². The van der Waals surface area contributed by atoms with Gasteiger partial charge in [0, 0.05) is 17.7 Å². The Morgan fingerprint density at radius 2 is 2.14 bits per heavy atom. The van der Waals surface area contributed by atoms with Crippen molar-refractivity contribution < 1.29 is 0 Å². The largest absolute Gasteiger partial charge is 0.308 e. The molecule has 0 fully saturated rings. The molecule has 0 amide bonds. The number of aryl methyl sites for hydroxylation is 2.